The van der Waals surface area contributed by atoms with Crippen LogP contribution in [0.15, 0.2) is 0 Å². The number of thiol groups is 1. The minimum atomic E-state index is 0.775. The summed E-state index contributed by atoms with van der Waals surface area (Å²) in [7, 11) is 0. The minimum absolute atomic E-state index is 0.775. The molecular formula is C4H12N2S2. The largest absolute Gasteiger partial charge is 0.330 e. The van der Waals surface area contributed by atoms with Crippen molar-refractivity contribution in [3.63, 3.8) is 0 Å². The molecule has 0 aliphatic heterocycles. The van der Waals surface area contributed by atoms with Gasteiger partial charge in [0.05, 0.1) is 0 Å². The zero-order chi connectivity index (χ0) is 6.24. The van der Waals surface area contributed by atoms with Gasteiger partial charge in [-0.05, 0) is 0 Å². The molecule has 4 heteroatoms. The monoisotopic (exact) mass is 152 g/mol. The van der Waals surface area contributed by atoms with Crippen molar-refractivity contribution >= 4 is 24.6 Å². The second kappa shape index (κ2) is 7.62. The van der Waals surface area contributed by atoms with Crippen LogP contribution in [0.4, 0.5) is 0 Å². The van der Waals surface area contributed by atoms with Crippen LogP contribution >= 0.6 is 24.6 Å². The predicted molar refractivity (Wildman–Crippen MR) is 43.4 cm³/mol. The van der Waals surface area contributed by atoms with Gasteiger partial charge in [-0.3, -0.25) is 4.72 Å². The summed E-state index contributed by atoms with van der Waals surface area (Å²) in [6.45, 7) is 1.73. The van der Waals surface area contributed by atoms with E-state index in [2.05, 4.69) is 17.5 Å². The average Bonchev–Trinajstić information content (AvgIpc) is 1.81. The molecule has 0 aliphatic rings. The second-order valence-corrected chi connectivity index (χ2v) is 2.85. The summed E-state index contributed by atoms with van der Waals surface area (Å²) in [6, 6.07) is 0. The highest BCUT2D eigenvalue weighted by Crippen LogP contribution is 1.94. The van der Waals surface area contributed by atoms with Gasteiger partial charge in [-0.15, -0.1) is 0 Å². The lowest BCUT2D eigenvalue weighted by Crippen LogP contribution is -2.07. The highest BCUT2D eigenvalue weighted by atomic mass is 32.2. The van der Waals surface area contributed by atoms with Crippen LogP contribution in [-0.2, 0) is 0 Å². The normalized spacial score (nSPS) is 9.75. The molecule has 0 unspecified atom stereocenters. The highest BCUT2D eigenvalue weighted by Gasteiger charge is 1.82. The lowest BCUT2D eigenvalue weighted by Gasteiger charge is -1.95. The van der Waals surface area contributed by atoms with Gasteiger partial charge in [0.25, 0.3) is 0 Å². The smallest absolute Gasteiger partial charge is 0.0147 e. The molecule has 0 atom stereocenters. The van der Waals surface area contributed by atoms with Gasteiger partial charge in [0.15, 0.2) is 0 Å². The fourth-order valence-corrected chi connectivity index (χ4v) is 1.18. The first-order valence-corrected chi connectivity index (χ1v) is 4.16. The van der Waals surface area contributed by atoms with Gasteiger partial charge < -0.3 is 5.73 Å². The molecule has 0 saturated carbocycles. The molecule has 0 heterocycles. The third-order valence-electron chi connectivity index (χ3n) is 0.620. The van der Waals surface area contributed by atoms with E-state index >= 15 is 0 Å². The molecule has 0 bridgehead atoms. The number of thioether (sulfide) groups is 1. The van der Waals surface area contributed by atoms with Crippen LogP contribution in [-0.4, -0.2) is 24.6 Å². The maximum Gasteiger partial charge on any atom is 0.0147 e. The maximum atomic E-state index is 5.25. The Labute approximate surface area is 60.1 Å². The average molecular weight is 152 g/mol. The summed E-state index contributed by atoms with van der Waals surface area (Å²) in [4.78, 5) is 0. The number of nitrogens with one attached hydrogen (secondary N) is 1. The van der Waals surface area contributed by atoms with Crippen LogP contribution < -0.4 is 10.5 Å². The summed E-state index contributed by atoms with van der Waals surface area (Å²) in [5.74, 6) is 2.15. The third-order valence-corrected chi connectivity index (χ3v) is 1.86. The Morgan fingerprint density at radius 3 is 2.75 bits per heavy atom. The second-order valence-electron chi connectivity index (χ2n) is 1.31. The molecule has 0 aromatic carbocycles. The van der Waals surface area contributed by atoms with Gasteiger partial charge in [0.2, 0.25) is 0 Å². The summed E-state index contributed by atoms with van der Waals surface area (Å²) in [6.07, 6.45) is 0. The molecule has 0 aromatic heterocycles. The van der Waals surface area contributed by atoms with E-state index in [1.54, 1.807) is 0 Å². The summed E-state index contributed by atoms with van der Waals surface area (Å²) in [5.41, 5.74) is 5.25. The zero-order valence-corrected chi connectivity index (χ0v) is 6.47. The van der Waals surface area contributed by atoms with Crippen LogP contribution in [0.2, 0.25) is 0 Å². The minimum Gasteiger partial charge on any atom is -0.330 e. The number of nitrogens with two attached hydrogens (primary N) is 1. The molecule has 0 rings (SSSR count). The van der Waals surface area contributed by atoms with E-state index in [1.807, 2.05) is 11.8 Å². The van der Waals surface area contributed by atoms with Crippen LogP contribution in [0, 0.1) is 0 Å². The highest BCUT2D eigenvalue weighted by molar-refractivity contribution is 7.99. The first-order chi connectivity index (χ1) is 3.91. The Morgan fingerprint density at radius 1 is 1.50 bits per heavy atom. The first-order valence-electron chi connectivity index (χ1n) is 2.56. The molecule has 0 radical (unpaired) electrons. The molecule has 8 heavy (non-hydrogen) atoms. The fourth-order valence-electron chi connectivity index (χ4n) is 0.303. The van der Waals surface area contributed by atoms with Crippen molar-refractivity contribution in [1.82, 2.24) is 4.72 Å². The summed E-state index contributed by atoms with van der Waals surface area (Å²) in [5, 5.41) is 0. The molecule has 50 valence electrons. The van der Waals surface area contributed by atoms with Gasteiger partial charge in [-0.2, -0.15) is 11.8 Å². The van der Waals surface area contributed by atoms with Crippen molar-refractivity contribution < 1.29 is 0 Å². The molecule has 0 saturated heterocycles. The summed E-state index contributed by atoms with van der Waals surface area (Å²) >= 11 is 5.67. The zero-order valence-electron chi connectivity index (χ0n) is 4.76. The van der Waals surface area contributed by atoms with Crippen LogP contribution in [0.25, 0.3) is 0 Å². The van der Waals surface area contributed by atoms with Gasteiger partial charge >= 0.3 is 0 Å². The van der Waals surface area contributed by atoms with E-state index in [0.717, 1.165) is 24.6 Å². The molecule has 2 nitrogen and oxygen atoms in total. The number of hydrogen-bond donors (Lipinski definition) is 3. The predicted octanol–water partition coefficient (Wildman–Crippen LogP) is 0.113. The number of rotatable bonds is 5. The molecular weight excluding hydrogens is 140 g/mol. The molecule has 0 spiro atoms. The van der Waals surface area contributed by atoms with Crippen LogP contribution in [0.5, 0.6) is 0 Å². The van der Waals surface area contributed by atoms with Crippen LogP contribution in [0.1, 0.15) is 0 Å². The van der Waals surface area contributed by atoms with Crippen molar-refractivity contribution in [1.29, 1.82) is 0 Å². The maximum absolute atomic E-state index is 5.25. The topological polar surface area (TPSA) is 38.0 Å². The van der Waals surface area contributed by atoms with E-state index in [1.165, 1.54) is 0 Å². The van der Waals surface area contributed by atoms with E-state index in [9.17, 15) is 0 Å². The van der Waals surface area contributed by atoms with Crippen molar-refractivity contribution in [3.8, 4) is 0 Å². The van der Waals surface area contributed by atoms with Crippen LogP contribution in [0.3, 0.4) is 0 Å². The lowest BCUT2D eigenvalue weighted by atomic mass is 10.8. The Morgan fingerprint density at radius 2 is 2.25 bits per heavy atom. The first kappa shape index (κ1) is 8.62. The molecule has 0 amide bonds. The Balaban J connectivity index is 2.53. The molecule has 0 aromatic rings. The molecule has 3 N–H and O–H groups in total. The fraction of sp³-hybridized carbons (Fsp3) is 1.00. The van der Waals surface area contributed by atoms with Gasteiger partial charge in [0.1, 0.15) is 0 Å². The molecule has 0 fully saturated rings. The van der Waals surface area contributed by atoms with Crippen molar-refractivity contribution in [3.05, 3.63) is 0 Å². The van der Waals surface area contributed by atoms with E-state index in [0.29, 0.717) is 0 Å². The van der Waals surface area contributed by atoms with E-state index < -0.39 is 0 Å². The Bertz CT molecular complexity index is 37.0. The molecule has 0 aliphatic carbocycles. The number of hydrogen-bond acceptors (Lipinski definition) is 4. The van der Waals surface area contributed by atoms with Gasteiger partial charge in [-0.25, -0.2) is 0 Å². The SMILES string of the molecule is NCCSCCNS. The van der Waals surface area contributed by atoms with Gasteiger partial charge in [0, 0.05) is 24.6 Å². The third kappa shape index (κ3) is 6.62. The lowest BCUT2D eigenvalue weighted by molar-refractivity contribution is 1.05. The van der Waals surface area contributed by atoms with E-state index in [4.69, 9.17) is 5.73 Å². The Hall–Kier alpha value is 0.620. The quantitative estimate of drug-likeness (QED) is 0.387. The van der Waals surface area contributed by atoms with Crippen molar-refractivity contribution in [2.75, 3.05) is 24.6 Å². The van der Waals surface area contributed by atoms with Gasteiger partial charge in [-0.1, -0.05) is 12.8 Å². The standard InChI is InChI=1S/C4H12N2S2/c5-1-3-8-4-2-6-7/h6-7H,1-5H2. The Kier molecular flexibility index (Phi) is 8.21. The van der Waals surface area contributed by atoms with Crippen molar-refractivity contribution in [2.45, 2.75) is 0 Å². The van der Waals surface area contributed by atoms with E-state index in [-0.39, 0.29) is 0 Å². The van der Waals surface area contributed by atoms with Crippen molar-refractivity contribution in [2.24, 2.45) is 5.73 Å². The summed E-state index contributed by atoms with van der Waals surface area (Å²) < 4.78 is 2.76.